The Hall–Kier alpha value is -0.210. The summed E-state index contributed by atoms with van der Waals surface area (Å²) in [7, 11) is 2.22. The van der Waals surface area contributed by atoms with Crippen LogP contribution in [0.15, 0.2) is 12.4 Å². The van der Waals surface area contributed by atoms with Gasteiger partial charge in [-0.1, -0.05) is 77.6 Å². The van der Waals surface area contributed by atoms with E-state index in [0.717, 1.165) is 6.67 Å². The number of nitrogens with zero attached hydrogens (tertiary/aromatic N) is 1. The number of rotatable bonds is 13. The van der Waals surface area contributed by atoms with E-state index >= 15 is 0 Å². The molecule has 126 valence electrons. The molecule has 1 N–H and O–H groups in total. The Labute approximate surface area is 139 Å². The van der Waals surface area contributed by atoms with Gasteiger partial charge in [0, 0.05) is 6.54 Å². The van der Waals surface area contributed by atoms with Crippen LogP contribution in [0.2, 0.25) is 0 Å². The largest absolute Gasteiger partial charge is 1.00 e. The fourth-order valence-electron chi connectivity index (χ4n) is 2.97. The fourth-order valence-corrected chi connectivity index (χ4v) is 2.97. The zero-order valence-corrected chi connectivity index (χ0v) is 15.1. The molecule has 0 aliphatic carbocycles. The van der Waals surface area contributed by atoms with Crippen LogP contribution >= 0.6 is 0 Å². The summed E-state index contributed by atoms with van der Waals surface area (Å²) in [4.78, 5) is 3.95. The molecule has 1 atom stereocenters. The van der Waals surface area contributed by atoms with Crippen LogP contribution in [-0.2, 0) is 0 Å². The molecular formula is C18H37ClN2. The maximum Gasteiger partial charge on any atom is 0.156 e. The van der Waals surface area contributed by atoms with E-state index in [0.29, 0.717) is 0 Å². The standard InChI is InChI=1S/C18H36N2.ClH/c1-3-4-5-6-7-8-9-10-11-12-13-14-15-20-17-16-19(2)18-20;/h16-17H,3-15,18H2,1-2H3;1H. The van der Waals surface area contributed by atoms with Crippen LogP contribution in [-0.4, -0.2) is 25.2 Å². The average molecular weight is 317 g/mol. The molecule has 1 aliphatic rings. The van der Waals surface area contributed by atoms with Crippen molar-refractivity contribution in [2.24, 2.45) is 0 Å². The Morgan fingerprint density at radius 3 is 1.71 bits per heavy atom. The fraction of sp³-hybridized carbons (Fsp3) is 0.889. The molecule has 21 heavy (non-hydrogen) atoms. The summed E-state index contributed by atoms with van der Waals surface area (Å²) >= 11 is 0. The van der Waals surface area contributed by atoms with Gasteiger partial charge in [0.2, 0.25) is 0 Å². The number of hydrogen-bond donors (Lipinski definition) is 1. The summed E-state index contributed by atoms with van der Waals surface area (Å²) in [6, 6.07) is 0. The van der Waals surface area contributed by atoms with Crippen LogP contribution in [0.1, 0.15) is 84.0 Å². The molecule has 0 fully saturated rings. The molecule has 0 amide bonds. The average Bonchev–Trinajstić information content (AvgIpc) is 2.86. The van der Waals surface area contributed by atoms with Gasteiger partial charge in [-0.3, -0.25) is 4.90 Å². The van der Waals surface area contributed by atoms with Crippen LogP contribution in [0.3, 0.4) is 0 Å². The van der Waals surface area contributed by atoms with Gasteiger partial charge >= 0.3 is 0 Å². The van der Waals surface area contributed by atoms with E-state index in [1.165, 1.54) is 88.5 Å². The van der Waals surface area contributed by atoms with E-state index in [1.807, 2.05) is 0 Å². The second-order valence-electron chi connectivity index (χ2n) is 6.52. The van der Waals surface area contributed by atoms with Gasteiger partial charge in [-0.05, 0) is 6.42 Å². The predicted molar refractivity (Wildman–Crippen MR) is 88.7 cm³/mol. The first-order chi connectivity index (χ1) is 9.83. The van der Waals surface area contributed by atoms with E-state index < -0.39 is 0 Å². The maximum atomic E-state index is 2.45. The molecule has 1 heterocycles. The van der Waals surface area contributed by atoms with Gasteiger partial charge in [-0.25, -0.2) is 0 Å². The molecule has 0 radical (unpaired) electrons. The van der Waals surface area contributed by atoms with Gasteiger partial charge < -0.3 is 17.3 Å². The summed E-state index contributed by atoms with van der Waals surface area (Å²) in [6.07, 6.45) is 21.8. The quantitative estimate of drug-likeness (QED) is 0.497. The van der Waals surface area contributed by atoms with Crippen LogP contribution in [0.4, 0.5) is 0 Å². The third kappa shape index (κ3) is 12.1. The van der Waals surface area contributed by atoms with Crippen LogP contribution < -0.4 is 17.3 Å². The summed E-state index contributed by atoms with van der Waals surface area (Å²) < 4.78 is 0. The molecule has 0 saturated carbocycles. The predicted octanol–water partition coefficient (Wildman–Crippen LogP) is 0.951. The molecule has 0 aromatic carbocycles. The Kier molecular flexibility index (Phi) is 14.6. The molecule has 0 aromatic rings. The lowest BCUT2D eigenvalue weighted by Gasteiger charge is -2.14. The first kappa shape index (κ1) is 20.8. The molecule has 0 spiro atoms. The van der Waals surface area contributed by atoms with Gasteiger partial charge in [-0.2, -0.15) is 0 Å². The van der Waals surface area contributed by atoms with Gasteiger partial charge in [0.15, 0.2) is 6.67 Å². The minimum atomic E-state index is 0. The molecule has 0 bridgehead atoms. The summed E-state index contributed by atoms with van der Waals surface area (Å²) in [6.45, 7) is 4.71. The van der Waals surface area contributed by atoms with E-state index in [4.69, 9.17) is 0 Å². The Morgan fingerprint density at radius 1 is 0.810 bits per heavy atom. The molecule has 0 saturated heterocycles. The Morgan fingerprint density at radius 2 is 1.29 bits per heavy atom. The van der Waals surface area contributed by atoms with Crippen molar-refractivity contribution in [3.63, 3.8) is 0 Å². The van der Waals surface area contributed by atoms with Gasteiger partial charge in [0.1, 0.15) is 6.20 Å². The monoisotopic (exact) mass is 316 g/mol. The highest BCUT2D eigenvalue weighted by Crippen LogP contribution is 2.12. The summed E-state index contributed by atoms with van der Waals surface area (Å²) in [5.41, 5.74) is 0. The molecule has 0 aromatic heterocycles. The van der Waals surface area contributed by atoms with Crippen molar-refractivity contribution in [2.75, 3.05) is 20.3 Å². The minimum Gasteiger partial charge on any atom is -1.00 e. The number of unbranched alkanes of at least 4 members (excludes halogenated alkanes) is 11. The van der Waals surface area contributed by atoms with Crippen molar-refractivity contribution in [1.29, 1.82) is 0 Å². The molecule has 2 nitrogen and oxygen atoms in total. The van der Waals surface area contributed by atoms with Crippen molar-refractivity contribution < 1.29 is 17.3 Å². The van der Waals surface area contributed by atoms with E-state index in [1.54, 1.807) is 0 Å². The number of quaternary nitrogens is 1. The maximum absolute atomic E-state index is 2.45. The molecule has 1 aliphatic heterocycles. The number of hydrogen-bond acceptors (Lipinski definition) is 1. The first-order valence-electron chi connectivity index (χ1n) is 9.07. The first-order valence-corrected chi connectivity index (χ1v) is 9.07. The van der Waals surface area contributed by atoms with Gasteiger partial charge in [0.05, 0.1) is 13.2 Å². The van der Waals surface area contributed by atoms with Gasteiger partial charge in [-0.15, -0.1) is 0 Å². The third-order valence-corrected chi connectivity index (χ3v) is 4.32. The molecule has 1 rings (SSSR count). The third-order valence-electron chi connectivity index (χ3n) is 4.32. The smallest absolute Gasteiger partial charge is 0.156 e. The zero-order chi connectivity index (χ0) is 14.5. The zero-order valence-electron chi connectivity index (χ0n) is 14.4. The Balaban J connectivity index is 0.00000400. The normalized spacial score (nSPS) is 17.2. The second-order valence-corrected chi connectivity index (χ2v) is 6.52. The second kappa shape index (κ2) is 14.7. The van der Waals surface area contributed by atoms with Crippen LogP contribution in [0.25, 0.3) is 0 Å². The highest BCUT2D eigenvalue weighted by atomic mass is 35.5. The van der Waals surface area contributed by atoms with Crippen molar-refractivity contribution in [2.45, 2.75) is 84.0 Å². The lowest BCUT2D eigenvalue weighted by atomic mass is 10.1. The number of halogens is 1. The van der Waals surface area contributed by atoms with Crippen molar-refractivity contribution in [3.05, 3.63) is 12.4 Å². The van der Waals surface area contributed by atoms with Crippen molar-refractivity contribution >= 4 is 0 Å². The Bertz CT molecular complexity index is 243. The summed E-state index contributed by atoms with van der Waals surface area (Å²) in [5, 5.41) is 0. The minimum absolute atomic E-state index is 0. The highest BCUT2D eigenvalue weighted by Gasteiger charge is 2.11. The topological polar surface area (TPSA) is 7.68 Å². The highest BCUT2D eigenvalue weighted by molar-refractivity contribution is 4.77. The molecule has 1 unspecified atom stereocenters. The SMILES string of the molecule is CCCCCCCCCCCCCCN1C=C[NH+](C)C1.[Cl-]. The number of nitrogens with one attached hydrogen (secondary N) is 1. The molecule has 3 heteroatoms. The van der Waals surface area contributed by atoms with Crippen molar-refractivity contribution in [1.82, 2.24) is 4.90 Å². The lowest BCUT2D eigenvalue weighted by Crippen LogP contribution is -3.03. The van der Waals surface area contributed by atoms with E-state index in [9.17, 15) is 0 Å². The lowest BCUT2D eigenvalue weighted by molar-refractivity contribution is -0.826. The van der Waals surface area contributed by atoms with Gasteiger partial charge in [0.25, 0.3) is 0 Å². The van der Waals surface area contributed by atoms with Crippen LogP contribution in [0.5, 0.6) is 0 Å². The summed E-state index contributed by atoms with van der Waals surface area (Å²) in [5.74, 6) is 0. The van der Waals surface area contributed by atoms with Crippen LogP contribution in [0, 0.1) is 0 Å². The molecular weight excluding hydrogens is 280 g/mol. The van der Waals surface area contributed by atoms with E-state index in [-0.39, 0.29) is 12.4 Å². The van der Waals surface area contributed by atoms with E-state index in [2.05, 4.69) is 31.3 Å². The van der Waals surface area contributed by atoms with Crippen molar-refractivity contribution in [3.8, 4) is 0 Å².